The molecule has 1 aliphatic rings. The molecule has 23 heavy (non-hydrogen) atoms. The third kappa shape index (κ3) is 3.41. The van der Waals surface area contributed by atoms with Crippen molar-refractivity contribution in [1.82, 2.24) is 15.3 Å². The number of methoxy groups -OCH3 is 2. The summed E-state index contributed by atoms with van der Waals surface area (Å²) in [7, 11) is 3.06. The van der Waals surface area contributed by atoms with Crippen molar-refractivity contribution in [3.8, 4) is 11.5 Å². The van der Waals surface area contributed by atoms with Crippen molar-refractivity contribution in [3.63, 3.8) is 0 Å². The number of para-hydroxylation sites is 1. The molecule has 0 atom stereocenters. The minimum Gasteiger partial charge on any atom is -0.493 e. The van der Waals surface area contributed by atoms with Crippen LogP contribution in [0.4, 0.5) is 0 Å². The summed E-state index contributed by atoms with van der Waals surface area (Å²) in [6, 6.07) is 7.17. The molecule has 0 aliphatic heterocycles. The van der Waals surface area contributed by atoms with Gasteiger partial charge in [0.25, 0.3) is 5.91 Å². The molecule has 0 bridgehead atoms. The average Bonchev–Trinajstić information content (AvgIpc) is 3.44. The van der Waals surface area contributed by atoms with Crippen molar-refractivity contribution in [3.05, 3.63) is 47.5 Å². The molecule has 1 aromatic heterocycles. The molecule has 0 unspecified atom stereocenters. The van der Waals surface area contributed by atoms with Gasteiger partial charge >= 0.3 is 0 Å². The van der Waals surface area contributed by atoms with E-state index in [9.17, 15) is 4.79 Å². The fourth-order valence-corrected chi connectivity index (χ4v) is 2.45. The normalized spacial score (nSPS) is 13.5. The van der Waals surface area contributed by atoms with Crippen LogP contribution in [0.5, 0.6) is 11.5 Å². The average molecular weight is 313 g/mol. The summed E-state index contributed by atoms with van der Waals surface area (Å²) in [6.07, 6.45) is 3.93. The van der Waals surface area contributed by atoms with E-state index in [0.717, 1.165) is 11.4 Å². The number of hydrogen-bond acceptors (Lipinski definition) is 5. The third-order valence-corrected chi connectivity index (χ3v) is 3.82. The molecule has 1 amide bonds. The SMILES string of the molecule is COc1cccc(C(=O)NCc2cc(C3CC3)ncn2)c1OC. The number of carbonyl (C=O) groups excluding carboxylic acids is 1. The van der Waals surface area contributed by atoms with Crippen LogP contribution < -0.4 is 14.8 Å². The van der Waals surface area contributed by atoms with Crippen LogP contribution in [0.2, 0.25) is 0 Å². The molecule has 0 radical (unpaired) electrons. The first-order chi connectivity index (χ1) is 11.2. The molecule has 3 rings (SSSR count). The molecule has 1 heterocycles. The highest BCUT2D eigenvalue weighted by Crippen LogP contribution is 2.38. The Kier molecular flexibility index (Phi) is 4.41. The van der Waals surface area contributed by atoms with E-state index in [-0.39, 0.29) is 5.91 Å². The van der Waals surface area contributed by atoms with Gasteiger partial charge in [0.2, 0.25) is 0 Å². The van der Waals surface area contributed by atoms with Gasteiger partial charge in [-0.3, -0.25) is 4.79 Å². The Morgan fingerprint density at radius 3 is 2.78 bits per heavy atom. The number of nitrogens with one attached hydrogen (secondary N) is 1. The summed E-state index contributed by atoms with van der Waals surface area (Å²) < 4.78 is 10.5. The minimum atomic E-state index is -0.229. The minimum absolute atomic E-state index is 0.229. The predicted molar refractivity (Wildman–Crippen MR) is 84.7 cm³/mol. The molecular weight excluding hydrogens is 294 g/mol. The number of amides is 1. The van der Waals surface area contributed by atoms with Crippen molar-refractivity contribution in [2.24, 2.45) is 0 Å². The quantitative estimate of drug-likeness (QED) is 0.886. The first-order valence-corrected chi connectivity index (χ1v) is 7.53. The van der Waals surface area contributed by atoms with Gasteiger partial charge in [-0.25, -0.2) is 9.97 Å². The van der Waals surface area contributed by atoms with Gasteiger partial charge in [0.05, 0.1) is 32.0 Å². The maximum atomic E-state index is 12.4. The molecule has 1 N–H and O–H groups in total. The molecule has 6 heteroatoms. The topological polar surface area (TPSA) is 73.3 Å². The Labute approximate surface area is 134 Å². The zero-order valence-corrected chi connectivity index (χ0v) is 13.2. The van der Waals surface area contributed by atoms with E-state index in [4.69, 9.17) is 9.47 Å². The van der Waals surface area contributed by atoms with Gasteiger partial charge in [0.15, 0.2) is 11.5 Å². The van der Waals surface area contributed by atoms with E-state index in [1.54, 1.807) is 31.6 Å². The largest absolute Gasteiger partial charge is 0.493 e. The van der Waals surface area contributed by atoms with E-state index in [1.165, 1.54) is 20.0 Å². The van der Waals surface area contributed by atoms with Crippen LogP contribution in [0.25, 0.3) is 0 Å². The van der Waals surface area contributed by atoms with Crippen LogP contribution in [-0.4, -0.2) is 30.1 Å². The number of rotatable bonds is 6. The number of nitrogens with zero attached hydrogens (tertiary/aromatic N) is 2. The zero-order valence-electron chi connectivity index (χ0n) is 13.2. The van der Waals surface area contributed by atoms with E-state index in [0.29, 0.717) is 29.5 Å². The van der Waals surface area contributed by atoms with Crippen LogP contribution in [0, 0.1) is 0 Å². The lowest BCUT2D eigenvalue weighted by atomic mass is 10.1. The summed E-state index contributed by atoms with van der Waals surface area (Å²) in [5.41, 5.74) is 2.30. The molecular formula is C17H19N3O3. The molecule has 0 saturated heterocycles. The fraction of sp³-hybridized carbons (Fsp3) is 0.353. The van der Waals surface area contributed by atoms with Crippen molar-refractivity contribution in [2.75, 3.05) is 14.2 Å². The fourth-order valence-electron chi connectivity index (χ4n) is 2.45. The van der Waals surface area contributed by atoms with Crippen LogP contribution in [0.15, 0.2) is 30.6 Å². The molecule has 0 spiro atoms. The van der Waals surface area contributed by atoms with E-state index >= 15 is 0 Å². The molecule has 1 saturated carbocycles. The Morgan fingerprint density at radius 1 is 1.26 bits per heavy atom. The predicted octanol–water partition coefficient (Wildman–Crippen LogP) is 2.30. The molecule has 6 nitrogen and oxygen atoms in total. The number of ether oxygens (including phenoxy) is 2. The van der Waals surface area contributed by atoms with Crippen LogP contribution >= 0.6 is 0 Å². The molecule has 1 fully saturated rings. The van der Waals surface area contributed by atoms with Crippen molar-refractivity contribution < 1.29 is 14.3 Å². The maximum Gasteiger partial charge on any atom is 0.255 e. The van der Waals surface area contributed by atoms with Crippen LogP contribution in [0.1, 0.15) is 40.5 Å². The third-order valence-electron chi connectivity index (χ3n) is 3.82. The van der Waals surface area contributed by atoms with Gasteiger partial charge in [-0.05, 0) is 31.0 Å². The monoisotopic (exact) mass is 313 g/mol. The summed E-state index contributed by atoms with van der Waals surface area (Å²) in [6.45, 7) is 0.349. The maximum absolute atomic E-state index is 12.4. The van der Waals surface area contributed by atoms with Crippen molar-refractivity contribution in [2.45, 2.75) is 25.3 Å². The van der Waals surface area contributed by atoms with Gasteiger partial charge in [0.1, 0.15) is 6.33 Å². The number of benzene rings is 1. The Hall–Kier alpha value is -2.63. The Bertz CT molecular complexity index is 714. The second kappa shape index (κ2) is 6.64. The lowest BCUT2D eigenvalue weighted by Gasteiger charge is -2.12. The highest BCUT2D eigenvalue weighted by molar-refractivity contribution is 5.97. The Morgan fingerprint density at radius 2 is 2.09 bits per heavy atom. The Balaban J connectivity index is 1.71. The first-order valence-electron chi connectivity index (χ1n) is 7.53. The first kappa shape index (κ1) is 15.3. The lowest BCUT2D eigenvalue weighted by Crippen LogP contribution is -2.24. The molecule has 120 valence electrons. The van der Waals surface area contributed by atoms with E-state index in [1.807, 2.05) is 6.07 Å². The summed E-state index contributed by atoms with van der Waals surface area (Å²) in [5.74, 6) is 1.28. The highest BCUT2D eigenvalue weighted by atomic mass is 16.5. The second-order valence-electron chi connectivity index (χ2n) is 5.43. The van der Waals surface area contributed by atoms with Gasteiger partial charge in [0, 0.05) is 11.6 Å². The highest BCUT2D eigenvalue weighted by Gasteiger charge is 2.25. The molecule has 1 aromatic carbocycles. The summed E-state index contributed by atoms with van der Waals surface area (Å²) in [4.78, 5) is 20.9. The van der Waals surface area contributed by atoms with Gasteiger partial charge < -0.3 is 14.8 Å². The number of aromatic nitrogens is 2. The summed E-state index contributed by atoms with van der Waals surface area (Å²) in [5, 5.41) is 2.86. The number of carbonyl (C=O) groups is 1. The zero-order chi connectivity index (χ0) is 16.2. The molecule has 1 aliphatic carbocycles. The van der Waals surface area contributed by atoms with Gasteiger partial charge in [-0.2, -0.15) is 0 Å². The van der Waals surface area contributed by atoms with Crippen molar-refractivity contribution >= 4 is 5.91 Å². The number of hydrogen-bond donors (Lipinski definition) is 1. The van der Waals surface area contributed by atoms with Crippen molar-refractivity contribution in [1.29, 1.82) is 0 Å². The molecule has 2 aromatic rings. The van der Waals surface area contributed by atoms with Crippen LogP contribution in [-0.2, 0) is 6.54 Å². The summed E-state index contributed by atoms with van der Waals surface area (Å²) >= 11 is 0. The van der Waals surface area contributed by atoms with E-state index in [2.05, 4.69) is 15.3 Å². The van der Waals surface area contributed by atoms with Crippen LogP contribution in [0.3, 0.4) is 0 Å². The second-order valence-corrected chi connectivity index (χ2v) is 5.43. The van der Waals surface area contributed by atoms with Gasteiger partial charge in [-0.15, -0.1) is 0 Å². The van der Waals surface area contributed by atoms with E-state index < -0.39 is 0 Å². The smallest absolute Gasteiger partial charge is 0.255 e. The van der Waals surface area contributed by atoms with Gasteiger partial charge in [-0.1, -0.05) is 6.07 Å². The standard InChI is InChI=1S/C17H19N3O3/c1-22-15-5-3-4-13(16(15)23-2)17(21)18-9-12-8-14(11-6-7-11)20-10-19-12/h3-5,8,10-11H,6-7,9H2,1-2H3,(H,18,21). The lowest BCUT2D eigenvalue weighted by molar-refractivity contribution is 0.0946.